The van der Waals surface area contributed by atoms with Gasteiger partial charge in [-0.15, -0.1) is 0 Å². The molecule has 0 atom stereocenters. The Kier molecular flexibility index (Phi) is 7.92. The lowest BCUT2D eigenvalue weighted by Gasteiger charge is -2.29. The summed E-state index contributed by atoms with van der Waals surface area (Å²) < 4.78 is 5.38. The molecular weight excluding hydrogens is 412 g/mol. The Labute approximate surface area is 198 Å². The lowest BCUT2D eigenvalue weighted by atomic mass is 9.76. The highest BCUT2D eigenvalue weighted by molar-refractivity contribution is 6.30. The lowest BCUT2D eigenvalue weighted by Crippen LogP contribution is -2.13. The van der Waals surface area contributed by atoms with Crippen LogP contribution in [0.3, 0.4) is 0 Å². The molecule has 0 aromatic heterocycles. The first kappa shape index (κ1) is 22.9. The average molecular weight is 447 g/mol. The van der Waals surface area contributed by atoms with Gasteiger partial charge in [0.25, 0.3) is 0 Å². The zero-order valence-corrected chi connectivity index (χ0v) is 20.2. The van der Waals surface area contributed by atoms with Crippen molar-refractivity contribution in [1.29, 1.82) is 0 Å². The smallest absolute Gasteiger partial charge is 0.118 e. The fourth-order valence-corrected chi connectivity index (χ4v) is 5.39. The molecule has 0 spiro atoms. The van der Waals surface area contributed by atoms with Gasteiger partial charge < -0.3 is 4.74 Å². The van der Waals surface area contributed by atoms with Crippen LogP contribution in [0.2, 0.25) is 5.02 Å². The van der Waals surface area contributed by atoms with Gasteiger partial charge in [0, 0.05) is 5.02 Å². The van der Waals surface area contributed by atoms with Crippen molar-refractivity contribution in [3.8, 4) is 28.0 Å². The minimum absolute atomic E-state index is 0.669. The van der Waals surface area contributed by atoms with Gasteiger partial charge in [-0.3, -0.25) is 0 Å². The van der Waals surface area contributed by atoms with Crippen molar-refractivity contribution in [2.24, 2.45) is 5.92 Å². The lowest BCUT2D eigenvalue weighted by molar-refractivity contribution is 0.303. The molecule has 0 saturated heterocycles. The van der Waals surface area contributed by atoms with Crippen LogP contribution in [0.15, 0.2) is 66.7 Å². The van der Waals surface area contributed by atoms with E-state index >= 15 is 0 Å². The molecule has 1 fully saturated rings. The van der Waals surface area contributed by atoms with Crippen LogP contribution in [0.1, 0.15) is 69.8 Å². The van der Waals surface area contributed by atoms with Gasteiger partial charge >= 0.3 is 0 Å². The maximum Gasteiger partial charge on any atom is 0.118 e. The monoisotopic (exact) mass is 446 g/mol. The fraction of sp³-hybridized carbons (Fsp3) is 0.400. The van der Waals surface area contributed by atoms with E-state index in [1.807, 2.05) is 24.3 Å². The van der Waals surface area contributed by atoms with Crippen LogP contribution in [0.4, 0.5) is 0 Å². The quantitative estimate of drug-likeness (QED) is 0.313. The molecule has 0 heterocycles. The Bertz CT molecular complexity index is 1000. The van der Waals surface area contributed by atoms with Gasteiger partial charge in [-0.1, -0.05) is 86.7 Å². The second kappa shape index (κ2) is 11.1. The van der Waals surface area contributed by atoms with Gasteiger partial charge in [-0.25, -0.2) is 0 Å². The van der Waals surface area contributed by atoms with Gasteiger partial charge in [0.05, 0.1) is 7.11 Å². The Hall–Kier alpha value is -2.25. The van der Waals surface area contributed by atoms with Gasteiger partial charge in [-0.2, -0.15) is 0 Å². The van der Waals surface area contributed by atoms with Crippen molar-refractivity contribution >= 4 is 11.6 Å². The highest BCUT2D eigenvalue weighted by Crippen LogP contribution is 2.41. The molecule has 0 bridgehead atoms. The number of methoxy groups -OCH3 is 1. The molecule has 1 saturated carbocycles. The van der Waals surface area contributed by atoms with Crippen molar-refractivity contribution in [3.63, 3.8) is 0 Å². The van der Waals surface area contributed by atoms with Crippen molar-refractivity contribution < 1.29 is 4.74 Å². The van der Waals surface area contributed by atoms with Crippen LogP contribution in [0.5, 0.6) is 5.75 Å². The Morgan fingerprint density at radius 2 is 1.59 bits per heavy atom. The van der Waals surface area contributed by atoms with Crippen molar-refractivity contribution in [1.82, 2.24) is 0 Å². The summed E-state index contributed by atoms with van der Waals surface area (Å²) in [4.78, 5) is 0. The molecular formula is C30H35ClO. The first-order valence-corrected chi connectivity index (χ1v) is 12.6. The van der Waals surface area contributed by atoms with Gasteiger partial charge in [0.15, 0.2) is 0 Å². The number of ether oxygens (including phenoxy) is 1. The molecule has 3 aromatic rings. The van der Waals surface area contributed by atoms with Gasteiger partial charge in [-0.05, 0) is 89.6 Å². The summed E-state index contributed by atoms with van der Waals surface area (Å²) in [5.74, 6) is 2.49. The second-order valence-electron chi connectivity index (χ2n) is 9.26. The third-order valence-corrected chi connectivity index (χ3v) is 7.35. The molecule has 0 amide bonds. The number of benzene rings is 3. The highest BCUT2D eigenvalue weighted by Gasteiger charge is 2.23. The first-order valence-electron chi connectivity index (χ1n) is 12.2. The topological polar surface area (TPSA) is 9.23 Å². The van der Waals surface area contributed by atoms with E-state index < -0.39 is 0 Å². The van der Waals surface area contributed by atoms with Crippen molar-refractivity contribution in [2.75, 3.05) is 7.11 Å². The number of hydrogen-bond donors (Lipinski definition) is 0. The third kappa shape index (κ3) is 5.56. The summed E-state index contributed by atoms with van der Waals surface area (Å²) in [6.07, 6.45) is 10.9. The molecule has 0 aliphatic heterocycles. The highest BCUT2D eigenvalue weighted by atomic mass is 35.5. The molecule has 32 heavy (non-hydrogen) atoms. The Morgan fingerprint density at radius 3 is 2.28 bits per heavy atom. The van der Waals surface area contributed by atoms with Crippen LogP contribution in [-0.4, -0.2) is 7.11 Å². The van der Waals surface area contributed by atoms with E-state index in [-0.39, 0.29) is 0 Å². The van der Waals surface area contributed by atoms with E-state index in [0.717, 1.165) is 22.3 Å². The molecule has 0 unspecified atom stereocenters. The minimum Gasteiger partial charge on any atom is -0.497 e. The average Bonchev–Trinajstić information content (AvgIpc) is 2.84. The number of halogens is 1. The molecule has 168 valence electrons. The molecule has 1 aliphatic rings. The second-order valence-corrected chi connectivity index (χ2v) is 9.69. The maximum absolute atomic E-state index is 6.33. The molecule has 1 nitrogen and oxygen atoms in total. The van der Waals surface area contributed by atoms with Crippen molar-refractivity contribution in [3.05, 3.63) is 77.3 Å². The zero-order chi connectivity index (χ0) is 22.3. The van der Waals surface area contributed by atoms with E-state index in [9.17, 15) is 0 Å². The maximum atomic E-state index is 6.33. The standard InChI is InChI=1S/C30H35ClO/c1-3-4-5-7-22-10-12-23(13-11-22)25-16-19-29(26-8-6-9-27(31)20-26)30(21-25)24-14-17-28(32-2)18-15-24/h6,8-9,14-23H,3-5,7,10-13H2,1-2H3. The molecule has 2 heteroatoms. The predicted octanol–water partition coefficient (Wildman–Crippen LogP) is 9.54. The number of rotatable bonds is 8. The van der Waals surface area contributed by atoms with E-state index in [1.54, 1.807) is 7.11 Å². The molecule has 0 radical (unpaired) electrons. The van der Waals surface area contributed by atoms with Gasteiger partial charge in [0.1, 0.15) is 5.75 Å². The molecule has 3 aromatic carbocycles. The summed E-state index contributed by atoms with van der Waals surface area (Å²) >= 11 is 6.33. The van der Waals surface area contributed by atoms with E-state index in [2.05, 4.69) is 49.4 Å². The summed E-state index contributed by atoms with van der Waals surface area (Å²) in [7, 11) is 1.71. The molecule has 4 rings (SSSR count). The van der Waals surface area contributed by atoms with E-state index in [0.29, 0.717) is 5.92 Å². The zero-order valence-electron chi connectivity index (χ0n) is 19.4. The molecule has 1 aliphatic carbocycles. The summed E-state index contributed by atoms with van der Waals surface area (Å²) in [5, 5.41) is 0.772. The van der Waals surface area contributed by atoms with Crippen molar-refractivity contribution in [2.45, 2.75) is 64.2 Å². The largest absolute Gasteiger partial charge is 0.497 e. The first-order chi connectivity index (χ1) is 15.7. The summed E-state index contributed by atoms with van der Waals surface area (Å²) in [5.41, 5.74) is 6.37. The Morgan fingerprint density at radius 1 is 0.812 bits per heavy atom. The minimum atomic E-state index is 0.669. The van der Waals surface area contributed by atoms with Gasteiger partial charge in [0.2, 0.25) is 0 Å². The number of hydrogen-bond acceptors (Lipinski definition) is 1. The van der Waals surface area contributed by atoms with Crippen LogP contribution in [0, 0.1) is 5.92 Å². The summed E-state index contributed by atoms with van der Waals surface area (Å²) in [6.45, 7) is 2.30. The Balaban J connectivity index is 1.61. The SMILES string of the molecule is CCCCCC1CCC(c2ccc(-c3cccc(Cl)c3)c(-c3ccc(OC)cc3)c2)CC1. The summed E-state index contributed by atoms with van der Waals surface area (Å²) in [6, 6.07) is 23.7. The van der Waals surface area contributed by atoms with E-state index in [4.69, 9.17) is 16.3 Å². The van der Waals surface area contributed by atoms with Crippen LogP contribution < -0.4 is 4.74 Å². The number of unbranched alkanes of at least 4 members (excludes halogenated alkanes) is 2. The van der Waals surface area contributed by atoms with Crippen LogP contribution in [0.25, 0.3) is 22.3 Å². The predicted molar refractivity (Wildman–Crippen MR) is 138 cm³/mol. The fourth-order valence-electron chi connectivity index (χ4n) is 5.20. The van der Waals surface area contributed by atoms with E-state index in [1.165, 1.54) is 73.6 Å². The molecule has 0 N–H and O–H groups in total. The van der Waals surface area contributed by atoms with Crippen LogP contribution in [-0.2, 0) is 0 Å². The normalized spacial score (nSPS) is 18.5. The third-order valence-electron chi connectivity index (χ3n) is 7.11. The van der Waals surface area contributed by atoms with Crippen LogP contribution >= 0.6 is 11.6 Å².